The molecular weight excluding hydrogens is 388 g/mol. The topological polar surface area (TPSA) is 50.4 Å². The maximum Gasteiger partial charge on any atom is 0.341 e. The summed E-state index contributed by atoms with van der Waals surface area (Å²) in [6.45, 7) is 4.34. The van der Waals surface area contributed by atoms with Crippen molar-refractivity contribution in [3.05, 3.63) is 51.9 Å². The zero-order valence-electron chi connectivity index (χ0n) is 16.5. The lowest BCUT2D eigenvalue weighted by molar-refractivity contribution is 0.0526. The van der Waals surface area contributed by atoms with Gasteiger partial charge in [-0.05, 0) is 75.7 Å². The average Bonchev–Trinajstić information content (AvgIpc) is 3.05. The molecule has 0 amide bonds. The van der Waals surface area contributed by atoms with E-state index in [0.717, 1.165) is 42.7 Å². The van der Waals surface area contributed by atoms with Gasteiger partial charge in [-0.15, -0.1) is 11.3 Å². The van der Waals surface area contributed by atoms with Crippen LogP contribution in [0.5, 0.6) is 0 Å². The van der Waals surface area contributed by atoms with Gasteiger partial charge >= 0.3 is 5.97 Å². The molecule has 3 rings (SSSR count). The molecule has 0 saturated heterocycles. The Kier molecular flexibility index (Phi) is 7.45. The second-order valence-electron chi connectivity index (χ2n) is 7.16. The van der Waals surface area contributed by atoms with Gasteiger partial charge in [-0.2, -0.15) is 0 Å². The Hall–Kier alpha value is -1.92. The Labute approximate surface area is 176 Å². The van der Waals surface area contributed by atoms with Crippen molar-refractivity contribution in [3.8, 4) is 0 Å². The van der Waals surface area contributed by atoms with Crippen molar-refractivity contribution < 1.29 is 9.53 Å². The number of thiocarbonyl (C=S) groups is 1. The lowest BCUT2D eigenvalue weighted by Crippen LogP contribution is -2.36. The number of thiophene rings is 1. The highest BCUT2D eigenvalue weighted by atomic mass is 32.1. The second-order valence-corrected chi connectivity index (χ2v) is 8.67. The van der Waals surface area contributed by atoms with E-state index in [-0.39, 0.29) is 12.0 Å². The van der Waals surface area contributed by atoms with Crippen molar-refractivity contribution in [1.29, 1.82) is 0 Å². The Balaban J connectivity index is 1.63. The number of carbonyl (C=O) groups excluding carboxylic acids is 1. The Bertz CT molecular complexity index is 817. The normalized spacial score (nSPS) is 14.1. The number of rotatable bonds is 7. The van der Waals surface area contributed by atoms with E-state index < -0.39 is 0 Å². The van der Waals surface area contributed by atoms with Crippen molar-refractivity contribution in [1.82, 2.24) is 5.32 Å². The van der Waals surface area contributed by atoms with E-state index >= 15 is 0 Å². The minimum Gasteiger partial charge on any atom is -0.462 e. The number of aryl methyl sites for hydroxylation is 2. The van der Waals surface area contributed by atoms with Gasteiger partial charge in [-0.3, -0.25) is 0 Å². The van der Waals surface area contributed by atoms with Crippen LogP contribution in [-0.4, -0.2) is 23.7 Å². The number of hydrogen-bond acceptors (Lipinski definition) is 4. The minimum absolute atomic E-state index is 0.237. The van der Waals surface area contributed by atoms with Crippen LogP contribution in [0.15, 0.2) is 30.3 Å². The standard InChI is InChI=1S/C22H28N2O2S2/c1-3-26-21(25)19-17-11-7-8-12-18(17)28-20(19)24-22(27)23-15(2)13-14-16-9-5-4-6-10-16/h4-6,9-10,15H,3,7-8,11-14H2,1-2H3,(H2,23,24,27). The number of carbonyl (C=O) groups is 1. The summed E-state index contributed by atoms with van der Waals surface area (Å²) in [5, 5.41) is 8.00. The van der Waals surface area contributed by atoms with E-state index in [0.29, 0.717) is 17.3 Å². The summed E-state index contributed by atoms with van der Waals surface area (Å²) in [6.07, 6.45) is 6.25. The number of anilines is 1. The van der Waals surface area contributed by atoms with Gasteiger partial charge in [0.2, 0.25) is 0 Å². The van der Waals surface area contributed by atoms with Crippen molar-refractivity contribution in [3.63, 3.8) is 0 Å². The van der Waals surface area contributed by atoms with Gasteiger partial charge in [-0.1, -0.05) is 30.3 Å². The summed E-state index contributed by atoms with van der Waals surface area (Å²) in [6, 6.07) is 10.7. The van der Waals surface area contributed by atoms with E-state index in [9.17, 15) is 4.79 Å². The fraction of sp³-hybridized carbons (Fsp3) is 0.455. The molecule has 0 radical (unpaired) electrons. The van der Waals surface area contributed by atoms with Crippen LogP contribution in [0.2, 0.25) is 0 Å². The summed E-state index contributed by atoms with van der Waals surface area (Å²) in [4.78, 5) is 13.8. The van der Waals surface area contributed by atoms with Crippen LogP contribution in [0.3, 0.4) is 0 Å². The van der Waals surface area contributed by atoms with Crippen molar-refractivity contribution in [2.75, 3.05) is 11.9 Å². The van der Waals surface area contributed by atoms with Crippen molar-refractivity contribution in [2.45, 2.75) is 58.4 Å². The lowest BCUT2D eigenvalue weighted by atomic mass is 9.95. The largest absolute Gasteiger partial charge is 0.462 e. The molecule has 1 aromatic heterocycles. The summed E-state index contributed by atoms with van der Waals surface area (Å²) < 4.78 is 5.31. The molecule has 1 aliphatic rings. The van der Waals surface area contributed by atoms with Crippen molar-refractivity contribution >= 4 is 39.6 Å². The summed E-state index contributed by atoms with van der Waals surface area (Å²) >= 11 is 7.17. The molecule has 1 aliphatic carbocycles. The summed E-state index contributed by atoms with van der Waals surface area (Å²) in [7, 11) is 0. The van der Waals surface area contributed by atoms with Crippen LogP contribution < -0.4 is 10.6 Å². The highest BCUT2D eigenvalue weighted by molar-refractivity contribution is 7.80. The molecule has 0 saturated carbocycles. The highest BCUT2D eigenvalue weighted by Gasteiger charge is 2.26. The van der Waals surface area contributed by atoms with Gasteiger partial charge in [0.1, 0.15) is 5.00 Å². The van der Waals surface area contributed by atoms with Gasteiger partial charge < -0.3 is 15.4 Å². The monoisotopic (exact) mass is 416 g/mol. The molecule has 6 heteroatoms. The van der Waals surface area contributed by atoms with Gasteiger partial charge in [0, 0.05) is 10.9 Å². The zero-order valence-corrected chi connectivity index (χ0v) is 18.2. The summed E-state index contributed by atoms with van der Waals surface area (Å²) in [5.74, 6) is -0.246. The molecule has 0 bridgehead atoms. The number of ether oxygens (including phenoxy) is 1. The Morgan fingerprint density at radius 2 is 2.00 bits per heavy atom. The van der Waals surface area contributed by atoms with Crippen LogP contribution >= 0.6 is 23.6 Å². The first kappa shape index (κ1) is 20.8. The van der Waals surface area contributed by atoms with Crippen LogP contribution in [0, 0.1) is 0 Å². The van der Waals surface area contributed by atoms with Crippen LogP contribution in [0.4, 0.5) is 5.00 Å². The first-order valence-electron chi connectivity index (χ1n) is 10.0. The number of hydrogen-bond donors (Lipinski definition) is 2. The first-order valence-corrected chi connectivity index (χ1v) is 11.2. The van der Waals surface area contributed by atoms with Gasteiger partial charge in [0.05, 0.1) is 12.2 Å². The minimum atomic E-state index is -0.246. The van der Waals surface area contributed by atoms with E-state index in [1.807, 2.05) is 13.0 Å². The third-order valence-electron chi connectivity index (χ3n) is 4.96. The molecule has 28 heavy (non-hydrogen) atoms. The highest BCUT2D eigenvalue weighted by Crippen LogP contribution is 2.38. The molecule has 150 valence electrons. The fourth-order valence-electron chi connectivity index (χ4n) is 3.54. The molecule has 0 aliphatic heterocycles. The molecule has 0 spiro atoms. The number of nitrogens with one attached hydrogen (secondary N) is 2. The van der Waals surface area contributed by atoms with Crippen LogP contribution in [-0.2, 0) is 24.0 Å². The molecule has 2 aromatic rings. The fourth-order valence-corrected chi connectivity index (χ4v) is 5.19. The van der Waals surface area contributed by atoms with E-state index in [4.69, 9.17) is 17.0 Å². The van der Waals surface area contributed by atoms with E-state index in [1.54, 1.807) is 11.3 Å². The van der Waals surface area contributed by atoms with Crippen molar-refractivity contribution in [2.24, 2.45) is 0 Å². The van der Waals surface area contributed by atoms with E-state index in [2.05, 4.69) is 41.8 Å². The number of fused-ring (bicyclic) bond motifs is 1. The SMILES string of the molecule is CCOC(=O)c1c(NC(=S)NC(C)CCc2ccccc2)sc2c1CCCC2. The maximum atomic E-state index is 12.5. The molecule has 0 fully saturated rings. The number of benzene rings is 1. The molecule has 1 heterocycles. The maximum absolute atomic E-state index is 12.5. The van der Waals surface area contributed by atoms with Gasteiger partial charge in [0.15, 0.2) is 5.11 Å². The lowest BCUT2D eigenvalue weighted by Gasteiger charge is -2.17. The first-order chi connectivity index (χ1) is 13.6. The third-order valence-corrected chi connectivity index (χ3v) is 6.39. The Morgan fingerprint density at radius 1 is 1.25 bits per heavy atom. The zero-order chi connectivity index (χ0) is 19.9. The third kappa shape index (κ3) is 5.32. The van der Waals surface area contributed by atoms with E-state index in [1.165, 1.54) is 16.9 Å². The molecule has 1 atom stereocenters. The predicted octanol–water partition coefficient (Wildman–Crippen LogP) is 5.11. The summed E-state index contributed by atoms with van der Waals surface area (Å²) in [5.41, 5.74) is 3.16. The van der Waals surface area contributed by atoms with Crippen LogP contribution in [0.1, 0.15) is 59.5 Å². The predicted molar refractivity (Wildman–Crippen MR) is 120 cm³/mol. The molecule has 1 aromatic carbocycles. The smallest absolute Gasteiger partial charge is 0.341 e. The van der Waals surface area contributed by atoms with Gasteiger partial charge in [0.25, 0.3) is 0 Å². The molecular formula is C22H28N2O2S2. The Morgan fingerprint density at radius 3 is 2.75 bits per heavy atom. The molecule has 1 unspecified atom stereocenters. The molecule has 2 N–H and O–H groups in total. The molecule has 4 nitrogen and oxygen atoms in total. The average molecular weight is 417 g/mol. The van der Waals surface area contributed by atoms with Gasteiger partial charge in [-0.25, -0.2) is 4.79 Å². The van der Waals surface area contributed by atoms with Crippen LogP contribution in [0.25, 0.3) is 0 Å². The second kappa shape index (κ2) is 10.0. The number of esters is 1. The quantitative estimate of drug-likeness (QED) is 0.485.